The van der Waals surface area contributed by atoms with Crippen molar-refractivity contribution in [1.29, 1.82) is 0 Å². The number of likely N-dealkylation sites (N-methyl/N-ethyl adjacent to an activating group) is 1. The number of anilines is 1. The number of nitrogens with one attached hydrogen (secondary N) is 1. The summed E-state index contributed by atoms with van der Waals surface area (Å²) in [7, 11) is 1.60. The van der Waals surface area contributed by atoms with Crippen LogP contribution in [0.4, 0.5) is 10.1 Å². The topological polar surface area (TPSA) is 105 Å². The van der Waals surface area contributed by atoms with Gasteiger partial charge in [0.1, 0.15) is 29.0 Å². The number of hydrogen-bond acceptors (Lipinski definition) is 5. The van der Waals surface area contributed by atoms with Crippen LogP contribution in [-0.2, 0) is 26.2 Å². The molecule has 3 aromatic carbocycles. The number of carbonyl (C=O) groups excluding carboxylic acids is 3. The summed E-state index contributed by atoms with van der Waals surface area (Å²) in [6, 6.07) is 20.9. The van der Waals surface area contributed by atoms with Crippen molar-refractivity contribution in [3.8, 4) is 11.3 Å². The van der Waals surface area contributed by atoms with Gasteiger partial charge < -0.3 is 10.2 Å². The number of hydrogen-bond donors (Lipinski definition) is 1. The van der Waals surface area contributed by atoms with E-state index in [1.165, 1.54) is 26.6 Å². The summed E-state index contributed by atoms with van der Waals surface area (Å²) in [5, 5.41) is 11.6. The number of benzene rings is 3. The molecule has 4 aromatic rings. The fourth-order valence-electron chi connectivity index (χ4n) is 6.81. The van der Waals surface area contributed by atoms with Crippen LogP contribution < -0.4 is 5.32 Å². The van der Waals surface area contributed by atoms with Gasteiger partial charge in [-0.3, -0.25) is 24.1 Å². The molecule has 0 unspecified atom stereocenters. The first-order chi connectivity index (χ1) is 22.9. The molecule has 10 nitrogen and oxygen atoms in total. The monoisotopic (exact) mass is 647 g/mol. The number of rotatable bonds is 8. The number of likely N-dealkylation sites (tertiary alicyclic amines) is 1. The van der Waals surface area contributed by atoms with Crippen LogP contribution in [0.25, 0.3) is 16.1 Å². The van der Waals surface area contributed by atoms with Gasteiger partial charge in [-0.05, 0) is 41.2 Å². The first-order valence-corrected chi connectivity index (χ1v) is 16.0. The Kier molecular flexibility index (Phi) is 8.60. The van der Waals surface area contributed by atoms with Crippen molar-refractivity contribution in [3.05, 3.63) is 113 Å². The second-order valence-electron chi connectivity index (χ2n) is 13.9. The highest BCUT2D eigenvalue weighted by molar-refractivity contribution is 6.07. The van der Waals surface area contributed by atoms with Crippen molar-refractivity contribution in [2.75, 3.05) is 18.9 Å². The average Bonchev–Trinajstić information content (AvgIpc) is 3.79. The standard InChI is InChI=1S/C37H38FN7O3/c1-36(2,3)20-31(34(47)44-23-37(21-32(44)39-4)27-13-9-10-14-28(27)40-35(37)48)43(5)33(46)30(19-24-15-17-26(38)18-16-24)45-22-29(41-42-45)25-11-7-6-8-12-25/h6-18,22,30-32H,19-21,23H2,1-3,5H3,(H,40,48)/t30-,31-,32-,37-/m0/s1. The summed E-state index contributed by atoms with van der Waals surface area (Å²) >= 11 is 0. The molecule has 48 heavy (non-hydrogen) atoms. The molecule has 11 heteroatoms. The quantitative estimate of drug-likeness (QED) is 0.255. The van der Waals surface area contributed by atoms with E-state index in [1.807, 2.05) is 75.4 Å². The van der Waals surface area contributed by atoms with Gasteiger partial charge in [0.25, 0.3) is 5.91 Å². The zero-order valence-corrected chi connectivity index (χ0v) is 27.4. The SMILES string of the molecule is [C-]#[N+][C@@H]1C[C@@]2(CN1C(=O)[C@H](CC(C)(C)C)N(C)C(=O)[C@H](Cc1ccc(F)cc1)n1cc(-c3ccccc3)nn1)C(=O)Nc1ccccc12. The lowest BCUT2D eigenvalue weighted by Crippen LogP contribution is -2.53. The number of carbonyl (C=O) groups is 3. The largest absolute Gasteiger partial charge is 0.332 e. The Hall–Kier alpha value is -5.37. The first-order valence-electron chi connectivity index (χ1n) is 16.0. The molecule has 2 aliphatic heterocycles. The smallest absolute Gasteiger partial charge is 0.302 e. The third kappa shape index (κ3) is 6.18. The molecule has 3 amide bonds. The predicted molar refractivity (Wildman–Crippen MR) is 179 cm³/mol. The van der Waals surface area contributed by atoms with Crippen molar-refractivity contribution in [2.24, 2.45) is 5.41 Å². The van der Waals surface area contributed by atoms with E-state index >= 15 is 0 Å². The van der Waals surface area contributed by atoms with E-state index in [4.69, 9.17) is 6.57 Å². The molecule has 1 saturated heterocycles. The van der Waals surface area contributed by atoms with Crippen molar-refractivity contribution < 1.29 is 18.8 Å². The number of aromatic nitrogens is 3. The molecule has 2 aliphatic rings. The molecule has 3 heterocycles. The molecule has 1 aromatic heterocycles. The molecule has 1 N–H and O–H groups in total. The van der Waals surface area contributed by atoms with Crippen LogP contribution in [0, 0.1) is 17.8 Å². The van der Waals surface area contributed by atoms with Crippen LogP contribution >= 0.6 is 0 Å². The Labute approximate surface area is 279 Å². The van der Waals surface area contributed by atoms with Gasteiger partial charge in [-0.15, -0.1) is 5.10 Å². The summed E-state index contributed by atoms with van der Waals surface area (Å²) in [5.41, 5.74) is 2.15. The van der Waals surface area contributed by atoms with Gasteiger partial charge in [0.2, 0.25) is 11.8 Å². The third-order valence-corrected chi connectivity index (χ3v) is 9.32. The van der Waals surface area contributed by atoms with Gasteiger partial charge >= 0.3 is 6.17 Å². The van der Waals surface area contributed by atoms with Crippen molar-refractivity contribution in [2.45, 2.75) is 63.7 Å². The average molecular weight is 648 g/mol. The molecule has 0 bridgehead atoms. The van der Waals surface area contributed by atoms with Crippen LogP contribution in [0.15, 0.2) is 85.1 Å². The lowest BCUT2D eigenvalue weighted by atomic mass is 9.80. The van der Waals surface area contributed by atoms with Crippen LogP contribution in [0.3, 0.4) is 0 Å². The maximum Gasteiger partial charge on any atom is 0.302 e. The maximum atomic E-state index is 14.6. The van der Waals surface area contributed by atoms with E-state index in [1.54, 1.807) is 25.4 Å². The first kappa shape index (κ1) is 32.6. The Bertz CT molecular complexity index is 1880. The highest BCUT2D eigenvalue weighted by atomic mass is 19.1. The summed E-state index contributed by atoms with van der Waals surface area (Å²) in [5.74, 6) is -1.40. The minimum atomic E-state index is -1.05. The lowest BCUT2D eigenvalue weighted by molar-refractivity contribution is -0.148. The Morgan fingerprint density at radius 3 is 2.46 bits per heavy atom. The molecule has 6 rings (SSSR count). The van der Waals surface area contributed by atoms with Crippen LogP contribution in [-0.4, -0.2) is 68.3 Å². The van der Waals surface area contributed by atoms with E-state index in [9.17, 15) is 18.8 Å². The predicted octanol–water partition coefficient (Wildman–Crippen LogP) is 5.50. The highest BCUT2D eigenvalue weighted by Crippen LogP contribution is 2.47. The molecule has 0 aliphatic carbocycles. The molecule has 0 radical (unpaired) electrons. The summed E-state index contributed by atoms with van der Waals surface area (Å²) in [6.45, 7) is 14.0. The summed E-state index contributed by atoms with van der Waals surface area (Å²) in [4.78, 5) is 49.3. The van der Waals surface area contributed by atoms with Gasteiger partial charge in [-0.1, -0.05) is 86.6 Å². The zero-order valence-electron chi connectivity index (χ0n) is 27.4. The van der Waals surface area contributed by atoms with Gasteiger partial charge in [0.15, 0.2) is 0 Å². The second-order valence-corrected chi connectivity index (χ2v) is 13.9. The minimum absolute atomic E-state index is 0.0346. The fraction of sp³-hybridized carbons (Fsp3) is 0.351. The Morgan fingerprint density at radius 2 is 1.77 bits per heavy atom. The minimum Gasteiger partial charge on any atom is -0.332 e. The molecule has 246 valence electrons. The fourth-order valence-corrected chi connectivity index (χ4v) is 6.81. The molecular weight excluding hydrogens is 609 g/mol. The van der Waals surface area contributed by atoms with Crippen LogP contribution in [0.2, 0.25) is 0 Å². The maximum absolute atomic E-state index is 14.6. The van der Waals surface area contributed by atoms with Gasteiger partial charge in [0, 0.05) is 31.3 Å². The van der Waals surface area contributed by atoms with Crippen molar-refractivity contribution in [1.82, 2.24) is 24.8 Å². The number of para-hydroxylation sites is 1. The van der Waals surface area contributed by atoms with E-state index in [0.29, 0.717) is 23.4 Å². The molecular formula is C37H38FN7O3. The van der Waals surface area contributed by atoms with Crippen molar-refractivity contribution >= 4 is 23.4 Å². The lowest BCUT2D eigenvalue weighted by Gasteiger charge is -2.36. The zero-order chi connectivity index (χ0) is 34.2. The summed E-state index contributed by atoms with van der Waals surface area (Å²) in [6.07, 6.45) is 1.47. The second kappa shape index (κ2) is 12.7. The molecule has 4 atom stereocenters. The van der Waals surface area contributed by atoms with Gasteiger partial charge in [-0.25, -0.2) is 15.6 Å². The van der Waals surface area contributed by atoms with E-state index in [2.05, 4.69) is 20.5 Å². The summed E-state index contributed by atoms with van der Waals surface area (Å²) < 4.78 is 15.3. The Morgan fingerprint density at radius 1 is 1.08 bits per heavy atom. The number of amides is 3. The highest BCUT2D eigenvalue weighted by Gasteiger charge is 2.59. The van der Waals surface area contributed by atoms with E-state index in [0.717, 1.165) is 11.1 Å². The van der Waals surface area contributed by atoms with Crippen LogP contribution in [0.5, 0.6) is 0 Å². The van der Waals surface area contributed by atoms with Crippen molar-refractivity contribution in [3.63, 3.8) is 0 Å². The molecule has 1 fully saturated rings. The van der Waals surface area contributed by atoms with E-state index in [-0.39, 0.29) is 42.5 Å². The number of fused-ring (bicyclic) bond motifs is 2. The Balaban J connectivity index is 1.34. The molecule has 1 spiro atoms. The number of halogens is 1. The molecule has 0 saturated carbocycles. The van der Waals surface area contributed by atoms with E-state index < -0.39 is 29.5 Å². The number of nitrogens with zero attached hydrogens (tertiary/aromatic N) is 6. The van der Waals surface area contributed by atoms with Gasteiger partial charge in [-0.2, -0.15) is 0 Å². The third-order valence-electron chi connectivity index (χ3n) is 9.32. The normalized spacial score (nSPS) is 19.8. The van der Waals surface area contributed by atoms with Gasteiger partial charge in [0.05, 0.1) is 12.6 Å². The van der Waals surface area contributed by atoms with Crippen LogP contribution in [0.1, 0.15) is 50.8 Å².